The zero-order chi connectivity index (χ0) is 27.9. The SMILES string of the molecule is C/C=C(\C=C(\C)I)C(/N)=C/C(=Nc1cc(N2CCOCC2)c2oc(-c3cnn(C)c3)cc2n1)C(=O)CCCC. The molecule has 2 N–H and O–H groups in total. The summed E-state index contributed by atoms with van der Waals surface area (Å²) in [5, 5.41) is 4.27. The van der Waals surface area contributed by atoms with E-state index in [4.69, 9.17) is 24.9 Å². The number of rotatable bonds is 10. The zero-order valence-electron chi connectivity index (χ0n) is 22.9. The number of anilines is 1. The molecule has 0 saturated carbocycles. The number of unbranched alkanes of at least 4 members (excludes halogenated alkanes) is 1. The Balaban J connectivity index is 1.85. The van der Waals surface area contributed by atoms with Crippen molar-refractivity contribution in [2.75, 3.05) is 31.2 Å². The molecule has 0 unspecified atom stereocenters. The lowest BCUT2D eigenvalue weighted by Crippen LogP contribution is -2.36. The number of nitrogens with two attached hydrogens (primary N) is 1. The van der Waals surface area contributed by atoms with Gasteiger partial charge in [0.1, 0.15) is 17.0 Å². The van der Waals surface area contributed by atoms with Crippen LogP contribution in [0.15, 0.2) is 67.0 Å². The largest absolute Gasteiger partial charge is 0.452 e. The summed E-state index contributed by atoms with van der Waals surface area (Å²) in [5.74, 6) is 1.03. The van der Waals surface area contributed by atoms with Gasteiger partial charge in [0.15, 0.2) is 17.2 Å². The Morgan fingerprint density at radius 3 is 2.67 bits per heavy atom. The van der Waals surface area contributed by atoms with Crippen LogP contribution in [0.3, 0.4) is 0 Å². The number of halogens is 1. The third kappa shape index (κ3) is 7.24. The van der Waals surface area contributed by atoms with Crippen molar-refractivity contribution in [3.8, 4) is 11.3 Å². The zero-order valence-corrected chi connectivity index (χ0v) is 25.1. The van der Waals surface area contributed by atoms with Gasteiger partial charge >= 0.3 is 0 Å². The number of ketones is 1. The first-order valence-corrected chi connectivity index (χ1v) is 14.2. The maximum absolute atomic E-state index is 13.3. The number of furan rings is 1. The van der Waals surface area contributed by atoms with Crippen molar-refractivity contribution >= 4 is 56.7 Å². The number of carbonyl (C=O) groups excluding carboxylic acids is 1. The number of ether oxygens (including phenoxy) is 1. The molecule has 1 aliphatic heterocycles. The van der Waals surface area contributed by atoms with Gasteiger partial charge in [0.05, 0.1) is 30.7 Å². The predicted octanol–water partition coefficient (Wildman–Crippen LogP) is 6.02. The molecule has 4 rings (SSSR count). The van der Waals surface area contributed by atoms with E-state index >= 15 is 0 Å². The van der Waals surface area contributed by atoms with Gasteiger partial charge in [-0.05, 0) is 64.2 Å². The van der Waals surface area contributed by atoms with Crippen molar-refractivity contribution < 1.29 is 13.9 Å². The number of aromatic nitrogens is 3. The second-order valence-corrected chi connectivity index (χ2v) is 11.1. The Morgan fingerprint density at radius 1 is 1.26 bits per heavy atom. The Bertz CT molecular complexity index is 1450. The Labute approximate surface area is 242 Å². The van der Waals surface area contributed by atoms with E-state index in [0.717, 1.165) is 33.2 Å². The third-order valence-corrected chi connectivity index (χ3v) is 6.67. The number of fused-ring (bicyclic) bond motifs is 1. The predicted molar refractivity (Wildman–Crippen MR) is 165 cm³/mol. The van der Waals surface area contributed by atoms with Crippen molar-refractivity contribution in [2.24, 2.45) is 17.8 Å². The molecule has 4 heterocycles. The van der Waals surface area contributed by atoms with Crippen LogP contribution in [0.4, 0.5) is 11.5 Å². The Hall–Kier alpha value is -3.25. The molecule has 1 saturated heterocycles. The molecule has 0 aliphatic carbocycles. The topological polar surface area (TPSA) is 112 Å². The van der Waals surface area contributed by atoms with E-state index in [9.17, 15) is 4.79 Å². The standard InChI is InChI=1S/C29H35IN6O3/c1-5-7-8-26(37)23(14-22(31)20(6-2)13-19(3)30)33-28-16-25(36-9-11-38-12-10-36)29-24(34-28)15-27(39-29)21-17-32-35(4)18-21/h6,13-18H,5,7-12,31H2,1-4H3/b19-13-,20-6+,22-14-,33-23?. The van der Waals surface area contributed by atoms with E-state index in [1.807, 2.05) is 51.4 Å². The van der Waals surface area contributed by atoms with Crippen LogP contribution in [0, 0.1) is 0 Å². The Kier molecular flexibility index (Phi) is 9.73. The van der Waals surface area contributed by atoms with Gasteiger partial charge < -0.3 is 19.8 Å². The average Bonchev–Trinajstić information content (AvgIpc) is 3.56. The molecule has 0 aromatic carbocycles. The summed E-state index contributed by atoms with van der Waals surface area (Å²) in [6, 6.07) is 3.77. The second-order valence-electron chi connectivity index (χ2n) is 9.43. The molecule has 206 valence electrons. The molecular formula is C29H35IN6O3. The number of hydrogen-bond acceptors (Lipinski definition) is 8. The molecular weight excluding hydrogens is 607 g/mol. The van der Waals surface area contributed by atoms with Crippen LogP contribution in [0.2, 0.25) is 0 Å². The maximum atomic E-state index is 13.3. The summed E-state index contributed by atoms with van der Waals surface area (Å²) in [7, 11) is 1.86. The number of hydrogen-bond donors (Lipinski definition) is 1. The highest BCUT2D eigenvalue weighted by Crippen LogP contribution is 2.36. The van der Waals surface area contributed by atoms with Gasteiger partial charge in [-0.2, -0.15) is 5.10 Å². The summed E-state index contributed by atoms with van der Waals surface area (Å²) in [6.07, 6.45) is 11.3. The molecule has 0 bridgehead atoms. The van der Waals surface area contributed by atoms with Crippen LogP contribution < -0.4 is 10.6 Å². The quantitative estimate of drug-likeness (QED) is 0.164. The van der Waals surface area contributed by atoms with Crippen LogP contribution >= 0.6 is 22.6 Å². The fourth-order valence-corrected chi connectivity index (χ4v) is 4.66. The van der Waals surface area contributed by atoms with E-state index in [2.05, 4.69) is 39.5 Å². The number of morpholine rings is 1. The fraction of sp³-hybridized carbons (Fsp3) is 0.379. The minimum absolute atomic E-state index is 0.0662. The van der Waals surface area contributed by atoms with Gasteiger partial charge in [-0.1, -0.05) is 19.4 Å². The molecule has 0 radical (unpaired) electrons. The van der Waals surface area contributed by atoms with Crippen LogP contribution in [0.25, 0.3) is 22.4 Å². The van der Waals surface area contributed by atoms with E-state index in [-0.39, 0.29) is 11.5 Å². The molecule has 10 heteroatoms. The van der Waals surface area contributed by atoms with Crippen molar-refractivity contribution in [3.63, 3.8) is 0 Å². The fourth-order valence-electron chi connectivity index (χ4n) is 4.32. The van der Waals surface area contributed by atoms with Crippen molar-refractivity contribution in [1.82, 2.24) is 14.8 Å². The number of pyridine rings is 1. The van der Waals surface area contributed by atoms with Crippen LogP contribution in [0.5, 0.6) is 0 Å². The minimum atomic E-state index is -0.0662. The highest BCUT2D eigenvalue weighted by Gasteiger charge is 2.21. The van der Waals surface area contributed by atoms with Gasteiger partial charge in [0.2, 0.25) is 0 Å². The average molecular weight is 643 g/mol. The normalized spacial score (nSPS) is 15.9. The summed E-state index contributed by atoms with van der Waals surface area (Å²) < 4.78 is 14.7. The van der Waals surface area contributed by atoms with Crippen LogP contribution in [-0.2, 0) is 16.6 Å². The lowest BCUT2D eigenvalue weighted by molar-refractivity contribution is -0.113. The third-order valence-electron chi connectivity index (χ3n) is 6.36. The molecule has 1 aliphatic rings. The first-order chi connectivity index (χ1) is 18.8. The van der Waals surface area contributed by atoms with Gasteiger partial charge in [0, 0.05) is 50.6 Å². The first kappa shape index (κ1) is 28.8. The van der Waals surface area contributed by atoms with Crippen molar-refractivity contribution in [2.45, 2.75) is 40.0 Å². The number of carbonyl (C=O) groups is 1. The van der Waals surface area contributed by atoms with E-state index in [0.29, 0.717) is 61.1 Å². The lowest BCUT2D eigenvalue weighted by atomic mass is 10.1. The van der Waals surface area contributed by atoms with Gasteiger partial charge in [-0.3, -0.25) is 9.48 Å². The maximum Gasteiger partial charge on any atom is 0.181 e. The highest BCUT2D eigenvalue weighted by atomic mass is 127. The van der Waals surface area contributed by atoms with E-state index in [1.165, 1.54) is 0 Å². The van der Waals surface area contributed by atoms with E-state index in [1.54, 1.807) is 17.0 Å². The number of aryl methyl sites for hydroxylation is 1. The number of nitrogens with zero attached hydrogens (tertiary/aromatic N) is 5. The first-order valence-electron chi connectivity index (χ1n) is 13.1. The van der Waals surface area contributed by atoms with Crippen molar-refractivity contribution in [1.29, 1.82) is 0 Å². The summed E-state index contributed by atoms with van der Waals surface area (Å²) in [5.41, 5.74) is 11.1. The summed E-state index contributed by atoms with van der Waals surface area (Å²) >= 11 is 2.24. The van der Waals surface area contributed by atoms with Crippen molar-refractivity contribution in [3.05, 3.63) is 57.6 Å². The van der Waals surface area contributed by atoms with Gasteiger partial charge in [-0.25, -0.2) is 9.98 Å². The Morgan fingerprint density at radius 2 is 2.03 bits per heavy atom. The molecule has 0 amide bonds. The molecule has 3 aromatic heterocycles. The summed E-state index contributed by atoms with van der Waals surface area (Å²) in [4.78, 5) is 25.0. The molecule has 0 atom stereocenters. The number of aliphatic imine (C=N–C) groups is 1. The number of Topliss-reactive ketones (excluding diaryl/α,β-unsaturated/α-hetero) is 1. The minimum Gasteiger partial charge on any atom is -0.452 e. The molecule has 1 fully saturated rings. The second kappa shape index (κ2) is 13.2. The van der Waals surface area contributed by atoms with Crippen LogP contribution in [0.1, 0.15) is 40.0 Å². The molecule has 3 aromatic rings. The highest BCUT2D eigenvalue weighted by molar-refractivity contribution is 14.1. The molecule has 39 heavy (non-hydrogen) atoms. The van der Waals surface area contributed by atoms with Gasteiger partial charge in [-0.15, -0.1) is 0 Å². The lowest BCUT2D eigenvalue weighted by Gasteiger charge is -2.28. The van der Waals surface area contributed by atoms with Crippen LogP contribution in [-0.4, -0.2) is 52.6 Å². The monoisotopic (exact) mass is 642 g/mol. The van der Waals surface area contributed by atoms with Gasteiger partial charge in [0.25, 0.3) is 0 Å². The molecule has 0 spiro atoms. The van der Waals surface area contributed by atoms with E-state index < -0.39 is 0 Å². The summed E-state index contributed by atoms with van der Waals surface area (Å²) in [6.45, 7) is 8.65. The number of allylic oxidation sites excluding steroid dienone is 4. The smallest absolute Gasteiger partial charge is 0.181 e. The molecule has 9 nitrogen and oxygen atoms in total.